The van der Waals surface area contributed by atoms with E-state index in [9.17, 15) is 13.2 Å². The lowest BCUT2D eigenvalue weighted by Crippen LogP contribution is -2.54. The van der Waals surface area contributed by atoms with Gasteiger partial charge in [0.15, 0.2) is 0 Å². The first-order chi connectivity index (χ1) is 14.0. The van der Waals surface area contributed by atoms with Crippen molar-refractivity contribution in [2.75, 3.05) is 50.5 Å². The Hall–Kier alpha value is -1.80. The summed E-state index contributed by atoms with van der Waals surface area (Å²) in [5.74, 6) is 0.911. The van der Waals surface area contributed by atoms with Gasteiger partial charge >= 0.3 is 0 Å². The maximum absolute atomic E-state index is 13.3. The summed E-state index contributed by atoms with van der Waals surface area (Å²) in [7, 11) is -1.72. The van der Waals surface area contributed by atoms with Crippen LogP contribution >= 0.6 is 0 Å². The molecule has 2 saturated heterocycles. The summed E-state index contributed by atoms with van der Waals surface area (Å²) in [5, 5.41) is 0. The summed E-state index contributed by atoms with van der Waals surface area (Å²) in [5.41, 5.74) is 1.12. The minimum atomic E-state index is -3.37. The minimum Gasteiger partial charge on any atom is -0.497 e. The lowest BCUT2D eigenvalue weighted by atomic mass is 10.0. The fourth-order valence-electron chi connectivity index (χ4n) is 4.26. The van der Waals surface area contributed by atoms with Gasteiger partial charge in [-0.2, -0.15) is 4.31 Å². The molecule has 3 rings (SSSR count). The van der Waals surface area contributed by atoms with E-state index in [-0.39, 0.29) is 11.7 Å². The van der Waals surface area contributed by atoms with Crippen LogP contribution in [0.1, 0.15) is 39.0 Å². The first kappa shape index (κ1) is 21.9. The van der Waals surface area contributed by atoms with Crippen molar-refractivity contribution in [2.24, 2.45) is 0 Å². The number of hydrogen-bond donors (Lipinski definition) is 0. The van der Waals surface area contributed by atoms with Crippen molar-refractivity contribution in [3.05, 3.63) is 24.3 Å². The summed E-state index contributed by atoms with van der Waals surface area (Å²) < 4.78 is 32.1. The summed E-state index contributed by atoms with van der Waals surface area (Å²) in [6.45, 7) is 5.23. The average molecular weight is 424 g/mol. The predicted octanol–water partition coefficient (Wildman–Crippen LogP) is 2.33. The van der Waals surface area contributed by atoms with Gasteiger partial charge < -0.3 is 14.5 Å². The highest BCUT2D eigenvalue weighted by atomic mass is 32.2. The van der Waals surface area contributed by atoms with Crippen molar-refractivity contribution in [3.8, 4) is 5.75 Å². The number of sulfonamides is 1. The lowest BCUT2D eigenvalue weighted by Gasteiger charge is -2.36. The molecule has 7 nitrogen and oxygen atoms in total. The number of carbonyl (C=O) groups is 1. The average Bonchev–Trinajstić information content (AvgIpc) is 2.99. The van der Waals surface area contributed by atoms with Gasteiger partial charge in [0.05, 0.1) is 12.9 Å². The fraction of sp³-hybridized carbons (Fsp3) is 0.667. The quantitative estimate of drug-likeness (QED) is 0.702. The Bertz CT molecular complexity index is 782. The first-order valence-corrected chi connectivity index (χ1v) is 12.2. The lowest BCUT2D eigenvalue weighted by molar-refractivity contribution is -0.136. The number of anilines is 1. The van der Waals surface area contributed by atoms with Crippen LogP contribution in [-0.2, 0) is 14.8 Å². The first-order valence-electron chi connectivity index (χ1n) is 10.6. The molecule has 2 aliphatic heterocycles. The molecule has 0 bridgehead atoms. The third-order valence-electron chi connectivity index (χ3n) is 5.80. The van der Waals surface area contributed by atoms with Crippen molar-refractivity contribution in [1.82, 2.24) is 9.21 Å². The van der Waals surface area contributed by atoms with Crippen LogP contribution in [0.2, 0.25) is 0 Å². The van der Waals surface area contributed by atoms with E-state index in [1.807, 2.05) is 36.1 Å². The van der Waals surface area contributed by atoms with E-state index in [1.54, 1.807) is 7.11 Å². The number of methoxy groups -OCH3 is 1. The second kappa shape index (κ2) is 9.80. The van der Waals surface area contributed by atoms with Gasteiger partial charge in [-0.25, -0.2) is 8.42 Å². The highest BCUT2D eigenvalue weighted by molar-refractivity contribution is 7.89. The highest BCUT2D eigenvalue weighted by Gasteiger charge is 2.38. The Kier molecular flexibility index (Phi) is 7.40. The van der Waals surface area contributed by atoms with Gasteiger partial charge in [-0.1, -0.05) is 13.3 Å². The molecule has 162 valence electrons. The number of carbonyl (C=O) groups excluding carboxylic acids is 1. The van der Waals surface area contributed by atoms with Crippen LogP contribution in [0.4, 0.5) is 5.69 Å². The summed E-state index contributed by atoms with van der Waals surface area (Å²) in [6, 6.07) is 7.43. The number of benzene rings is 1. The molecular formula is C21H33N3O4S. The van der Waals surface area contributed by atoms with Gasteiger partial charge in [0.25, 0.3) is 0 Å². The summed E-state index contributed by atoms with van der Waals surface area (Å²) in [6.07, 6.45) is 3.80. The van der Waals surface area contributed by atoms with Gasteiger partial charge in [0.2, 0.25) is 15.9 Å². The van der Waals surface area contributed by atoms with Crippen molar-refractivity contribution < 1.29 is 17.9 Å². The van der Waals surface area contributed by atoms with Gasteiger partial charge in [0, 0.05) is 38.4 Å². The van der Waals surface area contributed by atoms with Crippen LogP contribution in [-0.4, -0.2) is 75.2 Å². The molecule has 1 amide bonds. The Morgan fingerprint density at radius 3 is 2.48 bits per heavy atom. The summed E-state index contributed by atoms with van der Waals surface area (Å²) in [4.78, 5) is 17.4. The van der Waals surface area contributed by atoms with Crippen molar-refractivity contribution >= 4 is 21.6 Å². The monoisotopic (exact) mass is 423 g/mol. The maximum Gasteiger partial charge on any atom is 0.241 e. The molecule has 1 aromatic carbocycles. The van der Waals surface area contributed by atoms with Gasteiger partial charge in [-0.05, 0) is 49.9 Å². The number of nitrogens with zero attached hydrogens (tertiary/aromatic N) is 3. The zero-order chi connectivity index (χ0) is 20.9. The van der Waals surface area contributed by atoms with E-state index >= 15 is 0 Å². The Balaban J connectivity index is 1.67. The van der Waals surface area contributed by atoms with E-state index < -0.39 is 16.1 Å². The Morgan fingerprint density at radius 2 is 1.79 bits per heavy atom. The van der Waals surface area contributed by atoms with Crippen LogP contribution in [0.5, 0.6) is 5.75 Å². The molecule has 29 heavy (non-hydrogen) atoms. The SMILES string of the molecule is CCCS(=O)(=O)N1CCCCC1C(=O)N1CCCN(c2ccc(OC)cc2)CC1. The Morgan fingerprint density at radius 1 is 1.03 bits per heavy atom. The normalized spacial score (nSPS) is 21.7. The summed E-state index contributed by atoms with van der Waals surface area (Å²) >= 11 is 0. The molecule has 0 aliphatic carbocycles. The molecule has 2 aliphatic rings. The van der Waals surface area contributed by atoms with Gasteiger partial charge in [-0.3, -0.25) is 4.79 Å². The molecular weight excluding hydrogens is 390 g/mol. The van der Waals surface area contributed by atoms with Crippen molar-refractivity contribution in [3.63, 3.8) is 0 Å². The van der Waals surface area contributed by atoms with E-state index in [2.05, 4.69) is 4.90 Å². The molecule has 0 saturated carbocycles. The smallest absolute Gasteiger partial charge is 0.241 e. The number of ether oxygens (including phenoxy) is 1. The second-order valence-corrected chi connectivity index (χ2v) is 9.84. The fourth-order valence-corrected chi connectivity index (χ4v) is 6.00. The molecule has 2 heterocycles. The largest absolute Gasteiger partial charge is 0.497 e. The van der Waals surface area contributed by atoms with E-state index in [1.165, 1.54) is 4.31 Å². The third-order valence-corrected chi connectivity index (χ3v) is 7.88. The zero-order valence-electron chi connectivity index (χ0n) is 17.5. The topological polar surface area (TPSA) is 70.2 Å². The van der Waals surface area contributed by atoms with Crippen molar-refractivity contribution in [2.45, 2.75) is 45.1 Å². The molecule has 0 aromatic heterocycles. The standard InChI is InChI=1S/C21H33N3O4S/c1-3-17-29(26,27)24-14-5-4-7-20(24)21(25)23-13-6-12-22(15-16-23)18-8-10-19(28-2)11-9-18/h8-11,20H,3-7,12-17H2,1-2H3. The molecule has 1 atom stereocenters. The minimum absolute atomic E-state index is 0.0269. The highest BCUT2D eigenvalue weighted by Crippen LogP contribution is 2.25. The maximum atomic E-state index is 13.3. The zero-order valence-corrected chi connectivity index (χ0v) is 18.4. The van der Waals surface area contributed by atoms with Crippen LogP contribution in [0.3, 0.4) is 0 Å². The number of rotatable bonds is 6. The molecule has 1 aromatic rings. The Labute approximate surface area is 174 Å². The molecule has 8 heteroatoms. The van der Waals surface area contributed by atoms with E-state index in [0.717, 1.165) is 43.8 Å². The molecule has 0 spiro atoms. The molecule has 1 unspecified atom stereocenters. The predicted molar refractivity (Wildman–Crippen MR) is 115 cm³/mol. The molecule has 0 N–H and O–H groups in total. The van der Waals surface area contributed by atoms with Gasteiger partial charge in [-0.15, -0.1) is 0 Å². The second-order valence-electron chi connectivity index (χ2n) is 7.80. The van der Waals surface area contributed by atoms with Crippen LogP contribution in [0.25, 0.3) is 0 Å². The van der Waals surface area contributed by atoms with Crippen molar-refractivity contribution in [1.29, 1.82) is 0 Å². The molecule has 2 fully saturated rings. The van der Waals surface area contributed by atoms with Crippen LogP contribution in [0.15, 0.2) is 24.3 Å². The van der Waals surface area contributed by atoms with Crippen LogP contribution < -0.4 is 9.64 Å². The van der Waals surface area contributed by atoms with E-state index in [0.29, 0.717) is 32.5 Å². The van der Waals surface area contributed by atoms with Crippen LogP contribution in [0, 0.1) is 0 Å². The number of hydrogen-bond acceptors (Lipinski definition) is 5. The third kappa shape index (κ3) is 5.22. The molecule has 0 radical (unpaired) electrons. The number of amides is 1. The van der Waals surface area contributed by atoms with Gasteiger partial charge in [0.1, 0.15) is 11.8 Å². The number of piperidine rings is 1. The van der Waals surface area contributed by atoms with E-state index in [4.69, 9.17) is 4.74 Å².